The second-order valence-corrected chi connectivity index (χ2v) is 5.16. The molecule has 1 unspecified atom stereocenters. The average molecular weight is 327 g/mol. The molecule has 2 aromatic carbocycles. The Morgan fingerprint density at radius 2 is 2.04 bits per heavy atom. The number of nitro groups is 1. The summed E-state index contributed by atoms with van der Waals surface area (Å²) in [5, 5.41) is 17.3. The van der Waals surface area contributed by atoms with Gasteiger partial charge < -0.3 is 10.2 Å². The summed E-state index contributed by atoms with van der Waals surface area (Å²) in [7, 11) is 0. The van der Waals surface area contributed by atoms with Crippen molar-refractivity contribution in [2.45, 2.75) is 20.0 Å². The molecule has 0 aliphatic rings. The van der Waals surface area contributed by atoms with Gasteiger partial charge in [-0.2, -0.15) is 0 Å². The minimum absolute atomic E-state index is 0.0817. The van der Waals surface area contributed by atoms with Crippen molar-refractivity contribution in [1.82, 2.24) is 0 Å². The Labute approximate surface area is 139 Å². The van der Waals surface area contributed by atoms with Crippen LogP contribution >= 0.6 is 0 Å². The zero-order valence-electron chi connectivity index (χ0n) is 13.3. The number of nitrogens with zero attached hydrogens (tertiary/aromatic N) is 2. The Balaban J connectivity index is 1.96. The van der Waals surface area contributed by atoms with E-state index in [0.717, 1.165) is 5.56 Å². The Morgan fingerprint density at radius 3 is 2.75 bits per heavy atom. The SMILES string of the molecule is Cc1cccc(NC(=O)C(C)O/N=C/c2ccccc2[N+](=O)[O-])c1. The molecule has 0 saturated heterocycles. The van der Waals surface area contributed by atoms with Crippen LogP contribution in [-0.2, 0) is 9.63 Å². The van der Waals surface area contributed by atoms with Crippen LogP contribution in [-0.4, -0.2) is 23.1 Å². The second kappa shape index (κ2) is 7.87. The van der Waals surface area contributed by atoms with Gasteiger partial charge in [0.05, 0.1) is 16.7 Å². The van der Waals surface area contributed by atoms with E-state index < -0.39 is 11.0 Å². The topological polar surface area (TPSA) is 93.8 Å². The zero-order valence-corrected chi connectivity index (χ0v) is 13.3. The molecule has 0 aromatic heterocycles. The van der Waals surface area contributed by atoms with Gasteiger partial charge in [-0.05, 0) is 37.6 Å². The summed E-state index contributed by atoms with van der Waals surface area (Å²) in [5.74, 6) is -0.361. The van der Waals surface area contributed by atoms with Crippen LogP contribution in [0.1, 0.15) is 18.1 Å². The van der Waals surface area contributed by atoms with E-state index in [0.29, 0.717) is 11.3 Å². The first kappa shape index (κ1) is 17.1. The molecule has 0 heterocycles. The maximum atomic E-state index is 12.0. The molecule has 1 amide bonds. The van der Waals surface area contributed by atoms with E-state index in [9.17, 15) is 14.9 Å². The number of carbonyl (C=O) groups is 1. The van der Waals surface area contributed by atoms with Crippen LogP contribution in [0.15, 0.2) is 53.7 Å². The fraction of sp³-hybridized carbons (Fsp3) is 0.176. The second-order valence-electron chi connectivity index (χ2n) is 5.16. The molecule has 0 bridgehead atoms. The number of hydrogen-bond acceptors (Lipinski definition) is 5. The first-order valence-electron chi connectivity index (χ1n) is 7.27. The third-order valence-electron chi connectivity index (χ3n) is 3.20. The summed E-state index contributed by atoms with van der Waals surface area (Å²) in [5.41, 5.74) is 1.91. The predicted octanol–water partition coefficient (Wildman–Crippen LogP) is 3.28. The number of amides is 1. The van der Waals surface area contributed by atoms with Crippen molar-refractivity contribution in [2.24, 2.45) is 5.16 Å². The van der Waals surface area contributed by atoms with Crippen LogP contribution in [0.5, 0.6) is 0 Å². The van der Waals surface area contributed by atoms with Gasteiger partial charge in [0.2, 0.25) is 6.10 Å². The number of nitro benzene ring substituents is 1. The molecule has 0 saturated carbocycles. The summed E-state index contributed by atoms with van der Waals surface area (Å²) >= 11 is 0. The number of hydrogen-bond donors (Lipinski definition) is 1. The first-order valence-corrected chi connectivity index (χ1v) is 7.27. The molecule has 2 aromatic rings. The summed E-state index contributed by atoms with van der Waals surface area (Å²) in [6.45, 7) is 3.47. The maximum absolute atomic E-state index is 12.0. The quantitative estimate of drug-likeness (QED) is 0.500. The normalized spacial score (nSPS) is 11.9. The molecular formula is C17H17N3O4. The van der Waals surface area contributed by atoms with Crippen LogP contribution in [0.4, 0.5) is 11.4 Å². The van der Waals surface area contributed by atoms with Crippen molar-refractivity contribution in [3.8, 4) is 0 Å². The Kier molecular flexibility index (Phi) is 5.62. The molecular weight excluding hydrogens is 310 g/mol. The minimum atomic E-state index is -0.843. The standard InChI is InChI=1S/C17H17N3O4/c1-12-6-5-8-15(10-12)19-17(21)13(2)24-18-11-14-7-3-4-9-16(14)20(22)23/h3-11,13H,1-2H3,(H,19,21)/b18-11+. The van der Waals surface area contributed by atoms with Crippen LogP contribution < -0.4 is 5.32 Å². The van der Waals surface area contributed by atoms with Crippen molar-refractivity contribution in [2.75, 3.05) is 5.32 Å². The van der Waals surface area contributed by atoms with E-state index >= 15 is 0 Å². The number of benzene rings is 2. The lowest BCUT2D eigenvalue weighted by Gasteiger charge is -2.10. The lowest BCUT2D eigenvalue weighted by atomic mass is 10.2. The van der Waals surface area contributed by atoms with Gasteiger partial charge in [0.25, 0.3) is 11.6 Å². The first-order chi connectivity index (χ1) is 11.5. The van der Waals surface area contributed by atoms with Gasteiger partial charge in [0, 0.05) is 11.8 Å². The van der Waals surface area contributed by atoms with E-state index in [1.165, 1.54) is 12.3 Å². The number of anilines is 1. The molecule has 7 nitrogen and oxygen atoms in total. The summed E-state index contributed by atoms with van der Waals surface area (Å²) in [6.07, 6.45) is 0.374. The number of para-hydroxylation sites is 1. The Morgan fingerprint density at radius 1 is 1.29 bits per heavy atom. The van der Waals surface area contributed by atoms with Crippen molar-refractivity contribution in [1.29, 1.82) is 0 Å². The molecule has 0 radical (unpaired) electrons. The third kappa shape index (κ3) is 4.64. The lowest BCUT2D eigenvalue weighted by Crippen LogP contribution is -2.26. The largest absolute Gasteiger partial charge is 0.383 e. The molecule has 1 N–H and O–H groups in total. The van der Waals surface area contributed by atoms with E-state index in [2.05, 4.69) is 10.5 Å². The number of oxime groups is 1. The molecule has 0 spiro atoms. The van der Waals surface area contributed by atoms with Crippen molar-refractivity contribution in [3.05, 3.63) is 69.8 Å². The van der Waals surface area contributed by atoms with Crippen molar-refractivity contribution >= 4 is 23.5 Å². The van der Waals surface area contributed by atoms with Crippen LogP contribution in [0.2, 0.25) is 0 Å². The molecule has 0 fully saturated rings. The van der Waals surface area contributed by atoms with Crippen molar-refractivity contribution < 1.29 is 14.6 Å². The van der Waals surface area contributed by atoms with E-state index in [1.54, 1.807) is 31.2 Å². The van der Waals surface area contributed by atoms with Gasteiger partial charge in [-0.1, -0.05) is 29.4 Å². The fourth-order valence-corrected chi connectivity index (χ4v) is 1.96. The maximum Gasteiger partial charge on any atom is 0.278 e. The fourth-order valence-electron chi connectivity index (χ4n) is 1.96. The van der Waals surface area contributed by atoms with Crippen LogP contribution in [0.25, 0.3) is 0 Å². The van der Waals surface area contributed by atoms with Crippen LogP contribution in [0.3, 0.4) is 0 Å². The van der Waals surface area contributed by atoms with Crippen molar-refractivity contribution in [3.63, 3.8) is 0 Å². The number of aryl methyl sites for hydroxylation is 1. The smallest absolute Gasteiger partial charge is 0.278 e. The van der Waals surface area contributed by atoms with Gasteiger partial charge in [0.15, 0.2) is 0 Å². The molecule has 0 aliphatic heterocycles. The van der Waals surface area contributed by atoms with Gasteiger partial charge in [0.1, 0.15) is 0 Å². The molecule has 24 heavy (non-hydrogen) atoms. The van der Waals surface area contributed by atoms with Gasteiger partial charge >= 0.3 is 0 Å². The van der Waals surface area contributed by atoms with Gasteiger partial charge in [-0.25, -0.2) is 0 Å². The highest BCUT2D eigenvalue weighted by molar-refractivity contribution is 5.94. The molecule has 1 atom stereocenters. The van der Waals surface area contributed by atoms with Gasteiger partial charge in [-0.15, -0.1) is 0 Å². The van der Waals surface area contributed by atoms with Crippen LogP contribution in [0, 0.1) is 17.0 Å². The van der Waals surface area contributed by atoms with E-state index in [4.69, 9.17) is 4.84 Å². The monoisotopic (exact) mass is 327 g/mol. The van der Waals surface area contributed by atoms with E-state index in [1.807, 2.05) is 25.1 Å². The van der Waals surface area contributed by atoms with Gasteiger partial charge in [-0.3, -0.25) is 14.9 Å². The highest BCUT2D eigenvalue weighted by Gasteiger charge is 2.15. The summed E-state index contributed by atoms with van der Waals surface area (Å²) < 4.78 is 0. The summed E-state index contributed by atoms with van der Waals surface area (Å²) in [4.78, 5) is 27.5. The third-order valence-corrected chi connectivity index (χ3v) is 3.20. The summed E-state index contributed by atoms with van der Waals surface area (Å²) in [6, 6.07) is 13.5. The van der Waals surface area contributed by atoms with E-state index in [-0.39, 0.29) is 11.6 Å². The number of carbonyl (C=O) groups excluding carboxylic acids is 1. The predicted molar refractivity (Wildman–Crippen MR) is 91.0 cm³/mol. The molecule has 2 rings (SSSR count). The number of nitrogens with one attached hydrogen (secondary N) is 1. The Bertz CT molecular complexity index is 774. The average Bonchev–Trinajstić information content (AvgIpc) is 2.55. The molecule has 7 heteroatoms. The number of rotatable bonds is 6. The highest BCUT2D eigenvalue weighted by atomic mass is 16.6. The highest BCUT2D eigenvalue weighted by Crippen LogP contribution is 2.15. The lowest BCUT2D eigenvalue weighted by molar-refractivity contribution is -0.385. The zero-order chi connectivity index (χ0) is 17.5. The molecule has 124 valence electrons. The minimum Gasteiger partial charge on any atom is -0.383 e. The Hall–Kier alpha value is -3.22. The molecule has 0 aliphatic carbocycles.